The highest BCUT2D eigenvalue weighted by Crippen LogP contribution is 2.27. The normalized spacial score (nSPS) is 10.5. The molecule has 0 bridgehead atoms. The molecular weight excluding hydrogens is 353 g/mol. The largest absolute Gasteiger partial charge is 0.493 e. The molecule has 0 saturated heterocycles. The van der Waals surface area contributed by atoms with Crippen LogP contribution in [0.15, 0.2) is 47.0 Å². The Labute approximate surface area is 155 Å². The predicted molar refractivity (Wildman–Crippen MR) is 95.3 cm³/mol. The summed E-state index contributed by atoms with van der Waals surface area (Å²) >= 11 is 0. The fraction of sp³-hybridized carbons (Fsp3) is 0.211. The molecule has 1 amide bonds. The molecule has 140 valence electrons. The van der Waals surface area contributed by atoms with Crippen molar-refractivity contribution < 1.29 is 23.2 Å². The highest BCUT2D eigenvalue weighted by atomic mass is 19.1. The second-order valence-corrected chi connectivity index (χ2v) is 5.63. The van der Waals surface area contributed by atoms with Gasteiger partial charge in [-0.3, -0.25) is 4.79 Å². The minimum absolute atomic E-state index is 0.0818. The van der Waals surface area contributed by atoms with Crippen LogP contribution in [0.25, 0.3) is 11.5 Å². The van der Waals surface area contributed by atoms with E-state index in [-0.39, 0.29) is 17.5 Å². The summed E-state index contributed by atoms with van der Waals surface area (Å²) in [6.45, 7) is 0.384. The zero-order valence-corrected chi connectivity index (χ0v) is 14.9. The van der Waals surface area contributed by atoms with Crippen molar-refractivity contribution in [3.05, 3.63) is 59.7 Å². The molecule has 1 aromatic heterocycles. The number of nitrogens with zero attached hydrogens (tertiary/aromatic N) is 2. The average Bonchev–Trinajstić information content (AvgIpc) is 3.18. The third-order valence-corrected chi connectivity index (χ3v) is 3.87. The van der Waals surface area contributed by atoms with Gasteiger partial charge in [-0.1, -0.05) is 11.2 Å². The Morgan fingerprint density at radius 1 is 1.11 bits per heavy atom. The van der Waals surface area contributed by atoms with Crippen LogP contribution in [0.2, 0.25) is 0 Å². The fourth-order valence-electron chi connectivity index (χ4n) is 2.46. The lowest BCUT2D eigenvalue weighted by molar-refractivity contribution is 0.0941. The number of rotatable bonds is 7. The molecule has 0 saturated carbocycles. The molecule has 2 aromatic carbocycles. The molecule has 0 aliphatic rings. The number of aromatic nitrogens is 2. The predicted octanol–water partition coefficient (Wildman–Crippen LogP) is 2.87. The van der Waals surface area contributed by atoms with E-state index in [0.29, 0.717) is 30.0 Å². The van der Waals surface area contributed by atoms with E-state index in [4.69, 9.17) is 14.0 Å². The molecule has 27 heavy (non-hydrogen) atoms. The first-order chi connectivity index (χ1) is 13.1. The van der Waals surface area contributed by atoms with Crippen molar-refractivity contribution >= 4 is 5.91 Å². The van der Waals surface area contributed by atoms with E-state index in [1.54, 1.807) is 14.2 Å². The first-order valence-electron chi connectivity index (χ1n) is 8.19. The van der Waals surface area contributed by atoms with Gasteiger partial charge in [-0.15, -0.1) is 0 Å². The molecule has 0 spiro atoms. The Balaban J connectivity index is 1.58. The summed E-state index contributed by atoms with van der Waals surface area (Å²) in [6, 6.07) is 11.1. The van der Waals surface area contributed by atoms with Gasteiger partial charge in [0.2, 0.25) is 0 Å². The molecule has 0 atom stereocenters. The Morgan fingerprint density at radius 2 is 1.85 bits per heavy atom. The molecule has 0 aliphatic heterocycles. The van der Waals surface area contributed by atoms with Crippen LogP contribution in [-0.2, 0) is 6.42 Å². The van der Waals surface area contributed by atoms with Gasteiger partial charge in [0.15, 0.2) is 11.5 Å². The number of amides is 1. The van der Waals surface area contributed by atoms with E-state index < -0.39 is 5.91 Å². The van der Waals surface area contributed by atoms with Crippen LogP contribution < -0.4 is 14.8 Å². The first kappa shape index (κ1) is 18.4. The topological polar surface area (TPSA) is 86.5 Å². The number of methoxy groups -OCH3 is 2. The Kier molecular flexibility index (Phi) is 5.65. The molecular formula is C19H18FN3O4. The summed E-state index contributed by atoms with van der Waals surface area (Å²) in [4.78, 5) is 16.2. The minimum atomic E-state index is -0.451. The maximum atomic E-state index is 13.0. The van der Waals surface area contributed by atoms with Gasteiger partial charge >= 0.3 is 0 Å². The van der Waals surface area contributed by atoms with Crippen molar-refractivity contribution in [1.29, 1.82) is 0 Å². The Hall–Kier alpha value is -3.42. The highest BCUT2D eigenvalue weighted by molar-refractivity contribution is 5.90. The van der Waals surface area contributed by atoms with E-state index >= 15 is 0 Å². The second-order valence-electron chi connectivity index (χ2n) is 5.63. The van der Waals surface area contributed by atoms with Gasteiger partial charge in [-0.25, -0.2) is 4.39 Å². The molecule has 0 aliphatic carbocycles. The maximum Gasteiger partial charge on any atom is 0.292 e. The van der Waals surface area contributed by atoms with Crippen molar-refractivity contribution in [2.45, 2.75) is 6.42 Å². The smallest absolute Gasteiger partial charge is 0.292 e. The van der Waals surface area contributed by atoms with Crippen LogP contribution in [0.5, 0.6) is 11.5 Å². The molecule has 0 fully saturated rings. The summed E-state index contributed by atoms with van der Waals surface area (Å²) < 4.78 is 28.5. The van der Waals surface area contributed by atoms with E-state index in [1.165, 1.54) is 24.3 Å². The molecule has 0 radical (unpaired) electrons. The Bertz CT molecular complexity index is 925. The number of carbonyl (C=O) groups excluding carboxylic acids is 1. The van der Waals surface area contributed by atoms with Crippen molar-refractivity contribution in [1.82, 2.24) is 15.5 Å². The summed E-state index contributed by atoms with van der Waals surface area (Å²) in [5, 5.41) is 6.39. The van der Waals surface area contributed by atoms with Crippen LogP contribution in [0.3, 0.4) is 0 Å². The maximum absolute atomic E-state index is 13.0. The van der Waals surface area contributed by atoms with Gasteiger partial charge in [0.25, 0.3) is 17.6 Å². The van der Waals surface area contributed by atoms with Crippen molar-refractivity contribution in [2.24, 2.45) is 0 Å². The van der Waals surface area contributed by atoms with Crippen molar-refractivity contribution in [3.8, 4) is 23.0 Å². The number of halogens is 1. The number of hydrogen-bond donors (Lipinski definition) is 1. The van der Waals surface area contributed by atoms with Crippen molar-refractivity contribution in [3.63, 3.8) is 0 Å². The number of hydrogen-bond acceptors (Lipinski definition) is 6. The van der Waals surface area contributed by atoms with Crippen LogP contribution in [-0.4, -0.2) is 36.8 Å². The number of carbonyl (C=O) groups is 1. The molecule has 3 aromatic rings. The lowest BCUT2D eigenvalue weighted by Gasteiger charge is -2.09. The third-order valence-electron chi connectivity index (χ3n) is 3.87. The van der Waals surface area contributed by atoms with Crippen LogP contribution in [0.1, 0.15) is 16.2 Å². The van der Waals surface area contributed by atoms with E-state index in [9.17, 15) is 9.18 Å². The van der Waals surface area contributed by atoms with E-state index in [0.717, 1.165) is 5.56 Å². The summed E-state index contributed by atoms with van der Waals surface area (Å²) in [7, 11) is 3.14. The summed E-state index contributed by atoms with van der Waals surface area (Å²) in [6.07, 6.45) is 0.592. The number of nitrogens with one attached hydrogen (secondary N) is 1. The zero-order chi connectivity index (χ0) is 19.2. The third kappa shape index (κ3) is 4.41. The highest BCUT2D eigenvalue weighted by Gasteiger charge is 2.15. The standard InChI is InChI=1S/C19H18FN3O4/c1-25-15-8-3-12(11-16(15)26-2)9-10-21-18(24)17-22-19(27-23-17)13-4-6-14(20)7-5-13/h3-8,11H,9-10H2,1-2H3,(H,21,24). The van der Waals surface area contributed by atoms with E-state index in [2.05, 4.69) is 15.5 Å². The fourth-order valence-corrected chi connectivity index (χ4v) is 2.46. The van der Waals surface area contributed by atoms with Gasteiger partial charge < -0.3 is 19.3 Å². The van der Waals surface area contributed by atoms with Crippen LogP contribution >= 0.6 is 0 Å². The molecule has 7 nitrogen and oxygen atoms in total. The van der Waals surface area contributed by atoms with E-state index in [1.807, 2.05) is 18.2 Å². The summed E-state index contributed by atoms with van der Waals surface area (Å²) in [5.74, 6) is 0.523. The molecule has 1 N–H and O–H groups in total. The summed E-state index contributed by atoms with van der Waals surface area (Å²) in [5.41, 5.74) is 1.52. The van der Waals surface area contributed by atoms with Gasteiger partial charge in [0.05, 0.1) is 14.2 Å². The van der Waals surface area contributed by atoms with Crippen molar-refractivity contribution in [2.75, 3.05) is 20.8 Å². The van der Waals surface area contributed by atoms with Crippen LogP contribution in [0.4, 0.5) is 4.39 Å². The number of benzene rings is 2. The SMILES string of the molecule is COc1ccc(CCNC(=O)c2noc(-c3ccc(F)cc3)n2)cc1OC. The molecule has 3 rings (SSSR count). The molecule has 0 unspecified atom stereocenters. The van der Waals surface area contributed by atoms with Gasteiger partial charge in [0.1, 0.15) is 5.82 Å². The molecule has 8 heteroatoms. The quantitative estimate of drug-likeness (QED) is 0.687. The van der Waals surface area contributed by atoms with Gasteiger partial charge in [-0.05, 0) is 48.4 Å². The zero-order valence-electron chi connectivity index (χ0n) is 14.9. The lowest BCUT2D eigenvalue weighted by atomic mass is 10.1. The average molecular weight is 371 g/mol. The molecule has 1 heterocycles. The second kappa shape index (κ2) is 8.31. The van der Waals surface area contributed by atoms with Gasteiger partial charge in [0, 0.05) is 12.1 Å². The Morgan fingerprint density at radius 3 is 2.56 bits per heavy atom. The number of ether oxygens (including phenoxy) is 2. The lowest BCUT2D eigenvalue weighted by Crippen LogP contribution is -2.26. The first-order valence-corrected chi connectivity index (χ1v) is 8.19. The van der Waals surface area contributed by atoms with Crippen LogP contribution in [0, 0.1) is 5.82 Å². The monoisotopic (exact) mass is 371 g/mol. The van der Waals surface area contributed by atoms with Gasteiger partial charge in [-0.2, -0.15) is 4.98 Å². The minimum Gasteiger partial charge on any atom is -0.493 e.